The molecule has 0 radical (unpaired) electrons. The zero-order valence-corrected chi connectivity index (χ0v) is 33.9. The molecule has 2 saturated heterocycles. The SMILES string of the molecule is CCCC(CCOC(=O)c1ccc(-c2ccccc2)cc1)OC(=O)N1CCN(CCN2CCN(c3ccc(N=Nc4snc5nc(C)c(C#N)cc45)cc3)CC2)CC1. The molecule has 58 heavy (non-hydrogen) atoms. The number of amides is 1. The van der Waals surface area contributed by atoms with E-state index in [-0.39, 0.29) is 24.8 Å². The van der Waals surface area contributed by atoms with Gasteiger partial charge >= 0.3 is 12.1 Å². The van der Waals surface area contributed by atoms with Gasteiger partial charge in [0.25, 0.3) is 0 Å². The van der Waals surface area contributed by atoms with Gasteiger partial charge in [0.05, 0.1) is 34.5 Å². The molecule has 300 valence electrons. The van der Waals surface area contributed by atoms with Gasteiger partial charge in [-0.25, -0.2) is 14.6 Å². The van der Waals surface area contributed by atoms with Gasteiger partial charge in [-0.05, 0) is 78.5 Å². The summed E-state index contributed by atoms with van der Waals surface area (Å²) in [6, 6.07) is 29.5. The Morgan fingerprint density at radius 2 is 1.52 bits per heavy atom. The Labute approximate surface area is 343 Å². The third kappa shape index (κ3) is 10.4. The lowest BCUT2D eigenvalue weighted by Gasteiger charge is -2.38. The van der Waals surface area contributed by atoms with Crippen LogP contribution in [0.25, 0.3) is 22.2 Å². The van der Waals surface area contributed by atoms with E-state index in [1.165, 1.54) is 11.5 Å². The van der Waals surface area contributed by atoms with Crippen LogP contribution in [0.2, 0.25) is 0 Å². The van der Waals surface area contributed by atoms with Crippen molar-refractivity contribution in [1.29, 1.82) is 5.26 Å². The molecular weight excluding hydrogens is 751 g/mol. The molecule has 2 fully saturated rings. The molecule has 5 aromatic rings. The smallest absolute Gasteiger partial charge is 0.410 e. The van der Waals surface area contributed by atoms with Crippen LogP contribution in [-0.4, -0.2) is 114 Å². The van der Waals surface area contributed by atoms with Gasteiger partial charge in [-0.3, -0.25) is 9.80 Å². The highest BCUT2D eigenvalue weighted by atomic mass is 32.1. The van der Waals surface area contributed by atoms with Crippen molar-refractivity contribution in [3.8, 4) is 17.2 Å². The second-order valence-corrected chi connectivity index (χ2v) is 15.4. The third-order valence-corrected chi connectivity index (χ3v) is 11.5. The molecule has 3 aromatic carbocycles. The van der Waals surface area contributed by atoms with Gasteiger partial charge in [-0.15, -0.1) is 10.2 Å². The first-order valence-electron chi connectivity index (χ1n) is 20.0. The Morgan fingerprint density at radius 1 is 0.845 bits per heavy atom. The number of rotatable bonds is 14. The molecule has 4 heterocycles. The minimum Gasteiger partial charge on any atom is -0.462 e. The highest BCUT2D eigenvalue weighted by Gasteiger charge is 2.26. The number of carbonyl (C=O) groups excluding carboxylic acids is 2. The predicted molar refractivity (Wildman–Crippen MR) is 226 cm³/mol. The molecule has 0 saturated carbocycles. The lowest BCUT2D eigenvalue weighted by atomic mass is 10.0. The number of aryl methyl sites for hydroxylation is 1. The van der Waals surface area contributed by atoms with Gasteiger partial charge in [0, 0.05) is 77.6 Å². The average molecular weight is 800 g/mol. The zero-order valence-electron chi connectivity index (χ0n) is 33.1. The monoisotopic (exact) mass is 799 g/mol. The van der Waals surface area contributed by atoms with E-state index in [0.717, 1.165) is 93.1 Å². The number of ether oxygens (including phenoxy) is 2. The second-order valence-electron chi connectivity index (χ2n) is 14.6. The summed E-state index contributed by atoms with van der Waals surface area (Å²) in [6.45, 7) is 12.8. The largest absolute Gasteiger partial charge is 0.462 e. The van der Waals surface area contributed by atoms with Gasteiger partial charge < -0.3 is 19.3 Å². The Hall–Kier alpha value is -5.75. The van der Waals surface area contributed by atoms with Gasteiger partial charge in [-0.1, -0.05) is 55.8 Å². The first-order valence-corrected chi connectivity index (χ1v) is 20.8. The number of azo groups is 1. The van der Waals surface area contributed by atoms with E-state index in [1.807, 2.05) is 54.6 Å². The Kier molecular flexibility index (Phi) is 13.7. The maximum absolute atomic E-state index is 13.1. The average Bonchev–Trinajstić information content (AvgIpc) is 3.66. The molecule has 1 atom stereocenters. The first-order chi connectivity index (χ1) is 28.4. The van der Waals surface area contributed by atoms with Crippen LogP contribution in [0.15, 0.2) is 95.2 Å². The molecule has 0 bridgehead atoms. The van der Waals surface area contributed by atoms with E-state index in [2.05, 4.69) is 59.4 Å². The van der Waals surface area contributed by atoms with Crippen LogP contribution in [0, 0.1) is 18.3 Å². The van der Waals surface area contributed by atoms with Crippen molar-refractivity contribution < 1.29 is 19.1 Å². The molecule has 0 N–H and O–H groups in total. The number of nitriles is 1. The fourth-order valence-electron chi connectivity index (χ4n) is 7.24. The van der Waals surface area contributed by atoms with Crippen LogP contribution < -0.4 is 4.90 Å². The number of esters is 1. The van der Waals surface area contributed by atoms with Gasteiger partial charge in [-0.2, -0.15) is 9.64 Å². The molecule has 7 rings (SSSR count). The Bertz CT molecular complexity index is 2210. The van der Waals surface area contributed by atoms with Crippen molar-refractivity contribution in [3.63, 3.8) is 0 Å². The molecule has 1 amide bonds. The number of hydrogen-bond donors (Lipinski definition) is 0. The number of pyridine rings is 1. The van der Waals surface area contributed by atoms with Crippen molar-refractivity contribution in [2.45, 2.75) is 39.2 Å². The maximum Gasteiger partial charge on any atom is 0.410 e. The van der Waals surface area contributed by atoms with E-state index in [0.29, 0.717) is 47.0 Å². The van der Waals surface area contributed by atoms with E-state index in [4.69, 9.17) is 9.47 Å². The van der Waals surface area contributed by atoms with E-state index in [1.54, 1.807) is 30.0 Å². The molecule has 13 nitrogen and oxygen atoms in total. The molecule has 14 heteroatoms. The fourth-order valence-corrected chi connectivity index (χ4v) is 7.88. The molecule has 2 aliphatic heterocycles. The Morgan fingerprint density at radius 3 is 2.19 bits per heavy atom. The molecule has 0 spiro atoms. The van der Waals surface area contributed by atoms with Gasteiger partial charge in [0.2, 0.25) is 0 Å². The minimum absolute atomic E-state index is 0.190. The number of benzene rings is 3. The zero-order chi connectivity index (χ0) is 40.3. The number of aromatic nitrogens is 2. The number of anilines is 1. The number of hydrogen-bond acceptors (Lipinski definition) is 13. The summed E-state index contributed by atoms with van der Waals surface area (Å²) in [5.41, 5.74) is 6.30. The fraction of sp³-hybridized carbons (Fsp3) is 0.386. The van der Waals surface area contributed by atoms with Gasteiger partial charge in [0.15, 0.2) is 10.6 Å². The van der Waals surface area contributed by atoms with Crippen molar-refractivity contribution >= 4 is 51.0 Å². The molecule has 2 aliphatic rings. The van der Waals surface area contributed by atoms with E-state index >= 15 is 0 Å². The minimum atomic E-state index is -0.376. The maximum atomic E-state index is 13.1. The number of fused-ring (bicyclic) bond motifs is 1. The van der Waals surface area contributed by atoms with Crippen molar-refractivity contribution in [2.24, 2.45) is 10.2 Å². The van der Waals surface area contributed by atoms with Crippen LogP contribution in [0.3, 0.4) is 0 Å². The summed E-state index contributed by atoms with van der Waals surface area (Å²) < 4.78 is 15.8. The summed E-state index contributed by atoms with van der Waals surface area (Å²) in [5.74, 6) is -0.376. The highest BCUT2D eigenvalue weighted by Crippen LogP contribution is 2.32. The van der Waals surface area contributed by atoms with Gasteiger partial charge in [0.1, 0.15) is 12.2 Å². The summed E-state index contributed by atoms with van der Waals surface area (Å²) in [4.78, 5) is 39.4. The standard InChI is InChI=1S/C44H49N9O4S/c1-3-7-39(18-29-56-43(54)35-12-10-34(11-13-35)33-8-5-4-6-9-33)57-44(55)53-27-23-51(24-28-53)20-19-50-21-25-52(26-22-50)38-16-14-37(15-17-38)47-48-42-40-30-36(31-45)32(2)46-41(40)49-58-42/h4-6,8-17,30,39H,3,7,18-29H2,1-2H3. The van der Waals surface area contributed by atoms with Crippen LogP contribution in [0.5, 0.6) is 0 Å². The van der Waals surface area contributed by atoms with Crippen LogP contribution in [-0.2, 0) is 9.47 Å². The summed E-state index contributed by atoms with van der Waals surface area (Å²) >= 11 is 1.22. The number of piperazine rings is 2. The third-order valence-electron chi connectivity index (χ3n) is 10.7. The molecule has 0 aliphatic carbocycles. The second kappa shape index (κ2) is 19.6. The van der Waals surface area contributed by atoms with Crippen molar-refractivity contribution in [1.82, 2.24) is 24.1 Å². The first kappa shape index (κ1) is 40.4. The number of carbonyl (C=O) groups is 2. The van der Waals surface area contributed by atoms with Crippen LogP contribution in [0.4, 0.5) is 21.2 Å². The van der Waals surface area contributed by atoms with Crippen molar-refractivity contribution in [2.75, 3.05) is 77.0 Å². The molecule has 1 unspecified atom stereocenters. The topological polar surface area (TPSA) is 140 Å². The van der Waals surface area contributed by atoms with Crippen LogP contribution in [0.1, 0.15) is 47.8 Å². The lowest BCUT2D eigenvalue weighted by Crippen LogP contribution is -2.52. The van der Waals surface area contributed by atoms with E-state index in [9.17, 15) is 14.9 Å². The highest BCUT2D eigenvalue weighted by molar-refractivity contribution is 7.11. The molecule has 2 aromatic heterocycles. The molecular formula is C44H49N9O4S. The lowest BCUT2D eigenvalue weighted by molar-refractivity contribution is 0.0227. The normalized spacial score (nSPS) is 15.7. The Balaban J connectivity index is 0.785. The van der Waals surface area contributed by atoms with Crippen LogP contribution >= 0.6 is 11.5 Å². The quantitative estimate of drug-likeness (QED) is 0.0797. The summed E-state index contributed by atoms with van der Waals surface area (Å²) in [6.07, 6.45) is 1.46. The van der Waals surface area contributed by atoms with E-state index < -0.39 is 0 Å². The summed E-state index contributed by atoms with van der Waals surface area (Å²) in [5, 5.41) is 19.6. The number of nitrogens with zero attached hydrogens (tertiary/aromatic N) is 9. The van der Waals surface area contributed by atoms with Crippen molar-refractivity contribution in [3.05, 3.63) is 102 Å². The summed E-state index contributed by atoms with van der Waals surface area (Å²) in [7, 11) is 0. The predicted octanol–water partition coefficient (Wildman–Crippen LogP) is 8.25.